The summed E-state index contributed by atoms with van der Waals surface area (Å²) in [6, 6.07) is 9.28. The van der Waals surface area contributed by atoms with Crippen molar-refractivity contribution in [2.24, 2.45) is 5.92 Å². The zero-order valence-corrected chi connectivity index (χ0v) is 23.5. The first-order valence-electron chi connectivity index (χ1n) is 13.8. The number of ether oxygens (including phenoxy) is 2. The van der Waals surface area contributed by atoms with Crippen molar-refractivity contribution in [2.75, 3.05) is 24.6 Å². The largest absolute Gasteiger partial charge is 0.489 e. The molecule has 0 aliphatic carbocycles. The normalized spacial score (nSPS) is 18.5. The molecule has 3 aliphatic heterocycles. The van der Waals surface area contributed by atoms with Gasteiger partial charge in [-0.2, -0.15) is 9.61 Å². The molecule has 10 nitrogen and oxygen atoms in total. The molecule has 0 spiro atoms. The van der Waals surface area contributed by atoms with Gasteiger partial charge >= 0.3 is 5.97 Å². The molecule has 1 atom stereocenters. The Labute approximate surface area is 234 Å². The van der Waals surface area contributed by atoms with Crippen LogP contribution in [0.3, 0.4) is 0 Å². The molecule has 1 saturated heterocycles. The van der Waals surface area contributed by atoms with Crippen molar-refractivity contribution in [3.05, 3.63) is 65.0 Å². The summed E-state index contributed by atoms with van der Waals surface area (Å²) in [5.74, 6) is 0.388. The van der Waals surface area contributed by atoms with E-state index in [0.717, 1.165) is 43.7 Å². The van der Waals surface area contributed by atoms with E-state index in [2.05, 4.69) is 26.4 Å². The van der Waals surface area contributed by atoms with Crippen LogP contribution in [0.4, 0.5) is 5.82 Å². The number of carbonyl (C=O) groups excluding carboxylic acids is 1. The van der Waals surface area contributed by atoms with Crippen molar-refractivity contribution in [3.63, 3.8) is 0 Å². The summed E-state index contributed by atoms with van der Waals surface area (Å²) < 4.78 is 13.7. The number of aryl methyl sites for hydroxylation is 1. The Morgan fingerprint density at radius 1 is 1.20 bits per heavy atom. The second kappa shape index (κ2) is 11.3. The van der Waals surface area contributed by atoms with Crippen molar-refractivity contribution >= 4 is 23.3 Å². The molecular formula is C30H37N5O5. The van der Waals surface area contributed by atoms with E-state index in [4.69, 9.17) is 9.47 Å². The maximum atomic E-state index is 13.3. The Morgan fingerprint density at radius 2 is 1.95 bits per heavy atom. The van der Waals surface area contributed by atoms with E-state index in [-0.39, 0.29) is 18.1 Å². The second-order valence-electron chi connectivity index (χ2n) is 11.4. The molecule has 2 aromatic heterocycles. The lowest BCUT2D eigenvalue weighted by Gasteiger charge is -2.36. The maximum absolute atomic E-state index is 13.3. The zero-order chi connectivity index (χ0) is 28.4. The van der Waals surface area contributed by atoms with Crippen molar-refractivity contribution in [1.82, 2.24) is 19.9 Å². The molecule has 4 bridgehead atoms. The predicted octanol–water partition coefficient (Wildman–Crippen LogP) is 4.46. The molecule has 5 heterocycles. The number of benzene rings is 1. The number of piperidine rings is 1. The number of allylic oxidation sites excluding steroid dienone is 1. The summed E-state index contributed by atoms with van der Waals surface area (Å²) in [6.07, 6.45) is 5.79. The van der Waals surface area contributed by atoms with E-state index in [1.165, 1.54) is 0 Å². The minimum Gasteiger partial charge on any atom is -0.489 e. The number of amides is 1. The van der Waals surface area contributed by atoms with E-state index in [1.54, 1.807) is 17.5 Å². The molecule has 40 heavy (non-hydrogen) atoms. The van der Waals surface area contributed by atoms with Crippen molar-refractivity contribution < 1.29 is 24.2 Å². The zero-order valence-electron chi connectivity index (χ0n) is 23.5. The summed E-state index contributed by atoms with van der Waals surface area (Å²) in [5.41, 5.74) is 1.83. The van der Waals surface area contributed by atoms with Gasteiger partial charge in [0.15, 0.2) is 17.4 Å². The molecule has 0 unspecified atom stereocenters. The molecule has 3 aromatic rings. The fraction of sp³-hybridized carbons (Fsp3) is 0.467. The summed E-state index contributed by atoms with van der Waals surface area (Å²) >= 11 is 0. The van der Waals surface area contributed by atoms with Crippen LogP contribution in [-0.4, -0.2) is 56.9 Å². The number of fused-ring (bicyclic) bond motifs is 7. The van der Waals surface area contributed by atoms with Crippen molar-refractivity contribution in [3.8, 4) is 5.75 Å². The highest BCUT2D eigenvalue weighted by molar-refractivity contribution is 5.93. The number of rotatable bonds is 3. The molecule has 10 heteroatoms. The van der Waals surface area contributed by atoms with Crippen LogP contribution in [0.1, 0.15) is 73.4 Å². The predicted molar refractivity (Wildman–Crippen MR) is 151 cm³/mol. The number of nitrogens with zero attached hydrogens (tertiary/aromatic N) is 4. The molecule has 212 valence electrons. The molecule has 0 saturated carbocycles. The Kier molecular flexibility index (Phi) is 7.80. The average Bonchev–Trinajstić information content (AvgIpc) is 3.33. The highest BCUT2D eigenvalue weighted by Gasteiger charge is 2.35. The smallest absolute Gasteiger partial charge is 0.337 e. The number of para-hydroxylation sites is 1. The van der Waals surface area contributed by atoms with Gasteiger partial charge in [-0.1, -0.05) is 30.4 Å². The monoisotopic (exact) mass is 547 g/mol. The number of hydrogen-bond donors (Lipinski definition) is 2. The lowest BCUT2D eigenvalue weighted by molar-refractivity contribution is -0.160. The lowest BCUT2D eigenvalue weighted by atomic mass is 9.93. The molecule has 1 amide bonds. The van der Waals surface area contributed by atoms with Gasteiger partial charge in [0.05, 0.1) is 11.2 Å². The van der Waals surface area contributed by atoms with Gasteiger partial charge in [-0.15, -0.1) is 0 Å². The summed E-state index contributed by atoms with van der Waals surface area (Å²) in [5, 5.41) is 17.9. The third-order valence-electron chi connectivity index (χ3n) is 7.29. The molecule has 3 aliphatic rings. The number of carboxylic acid groups (broad SMARTS) is 1. The number of aromatic nitrogens is 3. The fourth-order valence-corrected chi connectivity index (χ4v) is 5.36. The molecule has 0 radical (unpaired) electrons. The average molecular weight is 548 g/mol. The standard InChI is InChI=1S/C30H37N5O5/c1-19-25(26(29(37)38)40-30(2,3)4)28-34-14-12-20(13-15-34)9-7-8-16-39-23-11-6-5-10-21(23)18-31-27(36)22-17-24(32-19)35(28)33-22/h5-8,10-11,17,20,26H,9,12-16,18H2,1-4H3,(H,31,36)(H,37,38)/b8-7-/t26-/m0/s1. The van der Waals surface area contributed by atoms with Gasteiger partial charge in [0.25, 0.3) is 5.91 Å². The summed E-state index contributed by atoms with van der Waals surface area (Å²) in [4.78, 5) is 32.7. The number of hydrogen-bond acceptors (Lipinski definition) is 7. The first-order chi connectivity index (χ1) is 19.1. The van der Waals surface area contributed by atoms with Crippen LogP contribution < -0.4 is 15.0 Å². The van der Waals surface area contributed by atoms with Crippen LogP contribution in [0.25, 0.3) is 5.65 Å². The summed E-state index contributed by atoms with van der Waals surface area (Å²) in [6.45, 7) is 9.44. The Morgan fingerprint density at radius 3 is 2.67 bits per heavy atom. The van der Waals surface area contributed by atoms with Gasteiger partial charge in [0.1, 0.15) is 18.2 Å². The Bertz CT molecular complexity index is 1430. The molecule has 2 N–H and O–H groups in total. The summed E-state index contributed by atoms with van der Waals surface area (Å²) in [7, 11) is 0. The number of carboxylic acids is 1. The van der Waals surface area contributed by atoms with Crippen LogP contribution in [-0.2, 0) is 16.1 Å². The number of aliphatic carboxylic acids is 1. The van der Waals surface area contributed by atoms with Gasteiger partial charge in [0.2, 0.25) is 0 Å². The van der Waals surface area contributed by atoms with E-state index in [9.17, 15) is 14.7 Å². The van der Waals surface area contributed by atoms with E-state index in [1.807, 2.05) is 51.1 Å². The second-order valence-corrected chi connectivity index (χ2v) is 11.4. The van der Waals surface area contributed by atoms with E-state index >= 15 is 0 Å². The van der Waals surface area contributed by atoms with Crippen LogP contribution in [0.15, 0.2) is 42.5 Å². The number of carbonyl (C=O) groups is 2. The molecule has 1 fully saturated rings. The van der Waals surface area contributed by atoms with Crippen molar-refractivity contribution in [1.29, 1.82) is 0 Å². The van der Waals surface area contributed by atoms with Gasteiger partial charge < -0.3 is 24.8 Å². The quantitative estimate of drug-likeness (QED) is 0.462. The minimum absolute atomic E-state index is 0.200. The minimum atomic E-state index is -1.25. The van der Waals surface area contributed by atoms with E-state index in [0.29, 0.717) is 35.2 Å². The number of anilines is 1. The van der Waals surface area contributed by atoms with Crippen molar-refractivity contribution in [2.45, 2.75) is 65.2 Å². The van der Waals surface area contributed by atoms with Gasteiger partial charge in [-0.05, 0) is 58.9 Å². The van der Waals surface area contributed by atoms with E-state index < -0.39 is 17.7 Å². The van der Waals surface area contributed by atoms with Crippen LogP contribution in [0.2, 0.25) is 0 Å². The lowest BCUT2D eigenvalue weighted by Crippen LogP contribution is -2.37. The fourth-order valence-electron chi connectivity index (χ4n) is 5.36. The first kappa shape index (κ1) is 27.6. The molecular weight excluding hydrogens is 510 g/mol. The highest BCUT2D eigenvalue weighted by atomic mass is 16.5. The Hall–Kier alpha value is -3.92. The van der Waals surface area contributed by atoms with Crippen LogP contribution >= 0.6 is 0 Å². The van der Waals surface area contributed by atoms with Crippen LogP contribution in [0, 0.1) is 12.8 Å². The van der Waals surface area contributed by atoms with Gasteiger partial charge in [0, 0.05) is 37.0 Å². The third-order valence-corrected chi connectivity index (χ3v) is 7.29. The van der Waals surface area contributed by atoms with Gasteiger partial charge in [-0.3, -0.25) is 4.79 Å². The Balaban J connectivity index is 1.62. The topological polar surface area (TPSA) is 118 Å². The maximum Gasteiger partial charge on any atom is 0.337 e. The molecule has 6 rings (SSSR count). The first-order valence-corrected chi connectivity index (χ1v) is 13.8. The van der Waals surface area contributed by atoms with Crippen LogP contribution in [0.5, 0.6) is 5.75 Å². The third kappa shape index (κ3) is 5.96. The van der Waals surface area contributed by atoms with Gasteiger partial charge in [-0.25, -0.2) is 9.78 Å². The SMILES string of the molecule is Cc1nc2cc3nn2c(c1[C@H](OC(C)(C)C)C(=O)O)N1CCC(C/C=C\COc2ccccc2CNC3=O)CC1. The highest BCUT2D eigenvalue weighted by Crippen LogP contribution is 2.37. The number of nitrogens with one attached hydrogen (secondary N) is 1. The molecule has 1 aromatic carbocycles.